The average Bonchev–Trinajstić information content (AvgIpc) is 2.81. The smallest absolute Gasteiger partial charge is 0.140 e. The van der Waals surface area contributed by atoms with Gasteiger partial charge in [0, 0.05) is 10.9 Å². The summed E-state index contributed by atoms with van der Waals surface area (Å²) < 4.78 is 19.8. The highest BCUT2D eigenvalue weighted by Crippen LogP contribution is 2.29. The Morgan fingerprint density at radius 3 is 2.74 bits per heavy atom. The standard InChI is InChI=1S/C15H11FO2S/c16-14-6-1-3-10-7-13(19-15(10)14)9-18-12-5-2-4-11(17)8-12/h1-8,17H,9H2. The molecule has 3 rings (SSSR count). The Kier molecular flexibility index (Phi) is 3.09. The fourth-order valence-corrected chi connectivity index (χ4v) is 2.86. The van der Waals surface area contributed by atoms with E-state index in [4.69, 9.17) is 4.74 Å². The molecule has 0 saturated carbocycles. The van der Waals surface area contributed by atoms with E-state index in [-0.39, 0.29) is 11.6 Å². The monoisotopic (exact) mass is 274 g/mol. The largest absolute Gasteiger partial charge is 0.508 e. The van der Waals surface area contributed by atoms with Gasteiger partial charge in [-0.3, -0.25) is 0 Å². The van der Waals surface area contributed by atoms with E-state index >= 15 is 0 Å². The lowest BCUT2D eigenvalue weighted by atomic mass is 10.2. The van der Waals surface area contributed by atoms with Crippen molar-refractivity contribution in [2.24, 2.45) is 0 Å². The van der Waals surface area contributed by atoms with Crippen LogP contribution >= 0.6 is 11.3 Å². The van der Waals surface area contributed by atoms with Gasteiger partial charge in [0.1, 0.15) is 23.9 Å². The Morgan fingerprint density at radius 2 is 1.95 bits per heavy atom. The second-order valence-electron chi connectivity index (χ2n) is 4.16. The second-order valence-corrected chi connectivity index (χ2v) is 5.29. The molecule has 0 unspecified atom stereocenters. The van der Waals surface area contributed by atoms with Gasteiger partial charge in [0.2, 0.25) is 0 Å². The summed E-state index contributed by atoms with van der Waals surface area (Å²) in [5.74, 6) is 0.559. The molecule has 0 bridgehead atoms. The molecular formula is C15H11FO2S. The third kappa shape index (κ3) is 2.53. The van der Waals surface area contributed by atoms with Crippen LogP contribution in [0.2, 0.25) is 0 Å². The maximum Gasteiger partial charge on any atom is 0.140 e. The van der Waals surface area contributed by atoms with Crippen LogP contribution in [0.1, 0.15) is 4.88 Å². The molecule has 0 radical (unpaired) electrons. The number of phenols is 1. The van der Waals surface area contributed by atoms with Gasteiger partial charge in [-0.2, -0.15) is 0 Å². The van der Waals surface area contributed by atoms with Crippen LogP contribution < -0.4 is 4.74 Å². The average molecular weight is 274 g/mol. The first-order valence-electron chi connectivity index (χ1n) is 5.81. The van der Waals surface area contributed by atoms with E-state index in [1.54, 1.807) is 30.3 Å². The summed E-state index contributed by atoms with van der Waals surface area (Å²) in [4.78, 5) is 0.948. The normalized spacial score (nSPS) is 10.8. The van der Waals surface area contributed by atoms with Crippen LogP contribution in [0.5, 0.6) is 11.5 Å². The summed E-state index contributed by atoms with van der Waals surface area (Å²) in [7, 11) is 0. The van der Waals surface area contributed by atoms with Crippen molar-refractivity contribution in [3.63, 3.8) is 0 Å². The number of phenolic OH excluding ortho intramolecular Hbond substituents is 1. The highest BCUT2D eigenvalue weighted by atomic mass is 32.1. The van der Waals surface area contributed by atoms with Crippen LogP contribution in [0, 0.1) is 5.82 Å². The van der Waals surface area contributed by atoms with Crippen molar-refractivity contribution >= 4 is 21.4 Å². The molecule has 0 saturated heterocycles. The van der Waals surface area contributed by atoms with Crippen LogP contribution in [0.15, 0.2) is 48.5 Å². The highest BCUT2D eigenvalue weighted by molar-refractivity contribution is 7.19. The predicted octanol–water partition coefficient (Wildman–Crippen LogP) is 4.33. The van der Waals surface area contributed by atoms with Crippen LogP contribution in [0.3, 0.4) is 0 Å². The Balaban J connectivity index is 1.80. The van der Waals surface area contributed by atoms with Gasteiger partial charge in [0.25, 0.3) is 0 Å². The maximum atomic E-state index is 13.6. The fraction of sp³-hybridized carbons (Fsp3) is 0.0667. The summed E-state index contributed by atoms with van der Waals surface area (Å²) in [5, 5.41) is 10.2. The summed E-state index contributed by atoms with van der Waals surface area (Å²) in [6, 6.07) is 13.6. The fourth-order valence-electron chi connectivity index (χ4n) is 1.88. The van der Waals surface area contributed by atoms with E-state index < -0.39 is 0 Å². The lowest BCUT2D eigenvalue weighted by molar-refractivity contribution is 0.308. The van der Waals surface area contributed by atoms with E-state index in [0.717, 1.165) is 10.3 Å². The summed E-state index contributed by atoms with van der Waals surface area (Å²) in [6.07, 6.45) is 0. The van der Waals surface area contributed by atoms with Crippen molar-refractivity contribution in [3.8, 4) is 11.5 Å². The van der Waals surface area contributed by atoms with Gasteiger partial charge in [-0.15, -0.1) is 11.3 Å². The predicted molar refractivity (Wildman–Crippen MR) is 74.2 cm³/mol. The van der Waals surface area contributed by atoms with Crippen LogP contribution in [0.4, 0.5) is 4.39 Å². The molecule has 2 nitrogen and oxygen atoms in total. The Morgan fingerprint density at radius 1 is 1.11 bits per heavy atom. The van der Waals surface area contributed by atoms with Crippen molar-refractivity contribution in [3.05, 3.63) is 59.2 Å². The molecule has 1 aromatic heterocycles. The van der Waals surface area contributed by atoms with Gasteiger partial charge in [-0.1, -0.05) is 18.2 Å². The number of ether oxygens (including phenoxy) is 1. The molecule has 0 aliphatic rings. The third-order valence-corrected chi connectivity index (χ3v) is 3.88. The molecule has 0 aliphatic carbocycles. The second kappa shape index (κ2) is 4.90. The van der Waals surface area contributed by atoms with Crippen molar-refractivity contribution in [1.82, 2.24) is 0 Å². The van der Waals surface area contributed by atoms with E-state index in [2.05, 4.69) is 0 Å². The van der Waals surface area contributed by atoms with Gasteiger partial charge < -0.3 is 9.84 Å². The summed E-state index contributed by atoms with van der Waals surface area (Å²) in [6.45, 7) is 0.363. The van der Waals surface area contributed by atoms with Crippen molar-refractivity contribution in [2.75, 3.05) is 0 Å². The topological polar surface area (TPSA) is 29.5 Å². The van der Waals surface area contributed by atoms with E-state index in [1.807, 2.05) is 12.1 Å². The number of hydrogen-bond donors (Lipinski definition) is 1. The summed E-state index contributed by atoms with van der Waals surface area (Å²) in [5.41, 5.74) is 0. The zero-order chi connectivity index (χ0) is 13.2. The Bertz CT molecular complexity index is 721. The van der Waals surface area contributed by atoms with Crippen LogP contribution in [-0.4, -0.2) is 5.11 Å². The zero-order valence-electron chi connectivity index (χ0n) is 9.97. The minimum atomic E-state index is -0.203. The lowest BCUT2D eigenvalue weighted by Gasteiger charge is -2.04. The number of thiophene rings is 1. The van der Waals surface area contributed by atoms with Gasteiger partial charge in [0.15, 0.2) is 0 Å². The molecule has 1 heterocycles. The molecule has 1 N–H and O–H groups in total. The lowest BCUT2D eigenvalue weighted by Crippen LogP contribution is -1.91. The minimum Gasteiger partial charge on any atom is -0.508 e. The van der Waals surface area contributed by atoms with E-state index in [0.29, 0.717) is 17.1 Å². The molecule has 0 fully saturated rings. The molecule has 96 valence electrons. The molecule has 3 aromatic rings. The van der Waals surface area contributed by atoms with Crippen LogP contribution in [0.25, 0.3) is 10.1 Å². The van der Waals surface area contributed by atoms with Gasteiger partial charge in [0.05, 0.1) is 4.70 Å². The Labute approximate surface area is 113 Å². The molecule has 0 amide bonds. The quantitative estimate of drug-likeness (QED) is 0.770. The third-order valence-electron chi connectivity index (χ3n) is 2.75. The number of halogens is 1. The number of benzene rings is 2. The molecule has 4 heteroatoms. The number of aromatic hydroxyl groups is 1. The molecule has 2 aromatic carbocycles. The summed E-state index contributed by atoms with van der Waals surface area (Å²) >= 11 is 1.38. The van der Waals surface area contributed by atoms with Gasteiger partial charge in [-0.05, 0) is 29.7 Å². The number of rotatable bonds is 3. The molecule has 0 atom stereocenters. The molecule has 0 aliphatic heterocycles. The first-order valence-corrected chi connectivity index (χ1v) is 6.63. The van der Waals surface area contributed by atoms with Crippen molar-refractivity contribution in [2.45, 2.75) is 6.61 Å². The SMILES string of the molecule is Oc1cccc(OCc2cc3cccc(F)c3s2)c1. The molecular weight excluding hydrogens is 263 g/mol. The first-order chi connectivity index (χ1) is 9.22. The van der Waals surface area contributed by atoms with Crippen molar-refractivity contribution < 1.29 is 14.2 Å². The molecule has 0 spiro atoms. The number of fused-ring (bicyclic) bond motifs is 1. The van der Waals surface area contributed by atoms with Gasteiger partial charge in [-0.25, -0.2) is 4.39 Å². The minimum absolute atomic E-state index is 0.167. The Hall–Kier alpha value is -2.07. The number of hydrogen-bond acceptors (Lipinski definition) is 3. The zero-order valence-corrected chi connectivity index (χ0v) is 10.8. The molecule has 19 heavy (non-hydrogen) atoms. The maximum absolute atomic E-state index is 13.6. The van der Waals surface area contributed by atoms with E-state index in [1.165, 1.54) is 17.4 Å². The highest BCUT2D eigenvalue weighted by Gasteiger charge is 2.06. The van der Waals surface area contributed by atoms with E-state index in [9.17, 15) is 9.50 Å². The van der Waals surface area contributed by atoms with Crippen LogP contribution in [-0.2, 0) is 6.61 Å². The first kappa shape index (κ1) is 12.0. The van der Waals surface area contributed by atoms with Crippen molar-refractivity contribution in [1.29, 1.82) is 0 Å². The van der Waals surface area contributed by atoms with Gasteiger partial charge >= 0.3 is 0 Å².